The predicted octanol–water partition coefficient (Wildman–Crippen LogP) is 4.93. The quantitative estimate of drug-likeness (QED) is 0.694. The van der Waals surface area contributed by atoms with E-state index in [1.807, 2.05) is 35.2 Å². The fourth-order valence-corrected chi connectivity index (χ4v) is 4.65. The minimum Gasteiger partial charge on any atom is -0.460 e. The molecule has 6 heteroatoms. The molecule has 0 unspecified atom stereocenters. The van der Waals surface area contributed by atoms with Gasteiger partial charge in [-0.1, -0.05) is 37.3 Å². The highest BCUT2D eigenvalue weighted by molar-refractivity contribution is 7.99. The number of piperidine rings is 1. The van der Waals surface area contributed by atoms with E-state index in [0.29, 0.717) is 35.3 Å². The van der Waals surface area contributed by atoms with E-state index in [0.717, 1.165) is 37.1 Å². The monoisotopic (exact) mass is 415 g/mol. The zero-order valence-corrected chi connectivity index (χ0v) is 17.4. The minimum absolute atomic E-state index is 0.165. The first-order valence-electron chi connectivity index (χ1n) is 10.1. The molecule has 0 saturated carbocycles. The number of ether oxygens (including phenoxy) is 2. The van der Waals surface area contributed by atoms with Crippen molar-refractivity contribution in [2.24, 2.45) is 5.92 Å². The van der Waals surface area contributed by atoms with Crippen LogP contribution in [0.5, 0.6) is 5.75 Å². The average Bonchev–Trinajstić information content (AvgIpc) is 2.74. The van der Waals surface area contributed by atoms with Gasteiger partial charge in [0.15, 0.2) is 0 Å². The number of amides is 1. The molecule has 1 atom stereocenters. The molecule has 4 rings (SSSR count). The summed E-state index contributed by atoms with van der Waals surface area (Å²) in [6, 6.07) is 12.7. The molecule has 0 bridgehead atoms. The summed E-state index contributed by atoms with van der Waals surface area (Å²) < 4.78 is 26.0. The second kappa shape index (κ2) is 9.18. The Morgan fingerprint density at radius 3 is 2.72 bits per heavy atom. The third-order valence-electron chi connectivity index (χ3n) is 5.51. The molecule has 0 radical (unpaired) electrons. The summed E-state index contributed by atoms with van der Waals surface area (Å²) in [7, 11) is 0. The van der Waals surface area contributed by atoms with Crippen molar-refractivity contribution in [3.05, 3.63) is 65.0 Å². The van der Waals surface area contributed by atoms with Gasteiger partial charge in [0.2, 0.25) is 12.2 Å². The lowest BCUT2D eigenvalue weighted by Gasteiger charge is -2.30. The van der Waals surface area contributed by atoms with Gasteiger partial charge in [0.1, 0.15) is 11.6 Å². The van der Waals surface area contributed by atoms with Gasteiger partial charge in [0.05, 0.1) is 12.4 Å². The predicted molar refractivity (Wildman–Crippen MR) is 112 cm³/mol. The SMILES string of the molecule is CC1CCN(C(=O)CSCc2cc(F)cc3c2O[C@@H](c2ccccc2)OC3)CC1. The molecular weight excluding hydrogens is 389 g/mol. The Hall–Kier alpha value is -2.05. The Labute approximate surface area is 175 Å². The maximum absolute atomic E-state index is 14.1. The Morgan fingerprint density at radius 2 is 1.97 bits per heavy atom. The van der Waals surface area contributed by atoms with Crippen LogP contribution in [0.4, 0.5) is 4.39 Å². The minimum atomic E-state index is -0.505. The molecule has 0 spiro atoms. The number of likely N-dealkylation sites (tertiary alicyclic amines) is 1. The molecule has 2 heterocycles. The molecule has 0 aliphatic carbocycles. The lowest BCUT2D eigenvalue weighted by molar-refractivity contribution is -0.129. The zero-order chi connectivity index (χ0) is 20.2. The first-order valence-corrected chi connectivity index (χ1v) is 11.3. The van der Waals surface area contributed by atoms with Crippen LogP contribution in [0, 0.1) is 11.7 Å². The van der Waals surface area contributed by atoms with E-state index >= 15 is 0 Å². The van der Waals surface area contributed by atoms with Crippen molar-refractivity contribution < 1.29 is 18.7 Å². The summed E-state index contributed by atoms with van der Waals surface area (Å²) in [5.74, 6) is 2.16. The maximum Gasteiger partial charge on any atom is 0.232 e. The number of benzene rings is 2. The summed E-state index contributed by atoms with van der Waals surface area (Å²) in [6.07, 6.45) is 1.64. The van der Waals surface area contributed by atoms with Crippen LogP contribution in [-0.4, -0.2) is 29.6 Å². The summed E-state index contributed by atoms with van der Waals surface area (Å²) in [6.45, 7) is 4.22. The highest BCUT2D eigenvalue weighted by Crippen LogP contribution is 2.38. The van der Waals surface area contributed by atoms with Crippen LogP contribution < -0.4 is 4.74 Å². The molecule has 0 aromatic heterocycles. The largest absolute Gasteiger partial charge is 0.460 e. The van der Waals surface area contributed by atoms with Gasteiger partial charge >= 0.3 is 0 Å². The molecule has 0 N–H and O–H groups in total. The van der Waals surface area contributed by atoms with Crippen LogP contribution in [0.15, 0.2) is 42.5 Å². The van der Waals surface area contributed by atoms with E-state index in [2.05, 4.69) is 6.92 Å². The number of halogens is 1. The normalized spacial score (nSPS) is 19.5. The highest BCUT2D eigenvalue weighted by Gasteiger charge is 2.25. The number of carbonyl (C=O) groups excluding carboxylic acids is 1. The number of thioether (sulfide) groups is 1. The molecular formula is C23H26FNO3S. The lowest BCUT2D eigenvalue weighted by atomic mass is 9.99. The molecule has 154 valence electrons. The third-order valence-corrected chi connectivity index (χ3v) is 6.48. The standard InChI is InChI=1S/C23H26FNO3S/c1-16-7-9-25(10-8-16)21(26)15-29-14-19-12-20(24)11-18-13-27-23(28-22(18)19)17-5-3-2-4-6-17/h2-6,11-12,16,23H,7-10,13-15H2,1H3/t23-/m0/s1. The number of carbonyl (C=O) groups is 1. The van der Waals surface area contributed by atoms with Gasteiger partial charge in [-0.15, -0.1) is 11.8 Å². The molecule has 29 heavy (non-hydrogen) atoms. The Morgan fingerprint density at radius 1 is 1.21 bits per heavy atom. The summed E-state index contributed by atoms with van der Waals surface area (Å²) >= 11 is 1.51. The molecule has 4 nitrogen and oxygen atoms in total. The van der Waals surface area contributed by atoms with Crippen molar-refractivity contribution in [3.8, 4) is 5.75 Å². The van der Waals surface area contributed by atoms with Crippen LogP contribution in [-0.2, 0) is 21.9 Å². The summed E-state index contributed by atoms with van der Waals surface area (Å²) in [5.41, 5.74) is 2.41. The zero-order valence-electron chi connectivity index (χ0n) is 16.6. The smallest absolute Gasteiger partial charge is 0.232 e. The van der Waals surface area contributed by atoms with E-state index in [1.54, 1.807) is 0 Å². The van der Waals surface area contributed by atoms with Gasteiger partial charge in [0, 0.05) is 35.5 Å². The molecule has 1 amide bonds. The highest BCUT2D eigenvalue weighted by atomic mass is 32.2. The van der Waals surface area contributed by atoms with Gasteiger partial charge < -0.3 is 14.4 Å². The average molecular weight is 416 g/mol. The molecule has 1 saturated heterocycles. The number of rotatable bonds is 5. The van der Waals surface area contributed by atoms with E-state index in [-0.39, 0.29) is 11.7 Å². The van der Waals surface area contributed by atoms with E-state index in [4.69, 9.17) is 9.47 Å². The van der Waals surface area contributed by atoms with Crippen molar-refractivity contribution in [3.63, 3.8) is 0 Å². The van der Waals surface area contributed by atoms with Gasteiger partial charge in [-0.25, -0.2) is 4.39 Å². The number of fused-ring (bicyclic) bond motifs is 1. The third kappa shape index (κ3) is 4.93. The van der Waals surface area contributed by atoms with Gasteiger partial charge in [-0.05, 0) is 30.9 Å². The van der Waals surface area contributed by atoms with Crippen molar-refractivity contribution in [1.82, 2.24) is 4.90 Å². The second-order valence-corrected chi connectivity index (χ2v) is 8.77. The number of nitrogens with zero attached hydrogens (tertiary/aromatic N) is 1. The second-order valence-electron chi connectivity index (χ2n) is 7.78. The first kappa shape index (κ1) is 20.2. The van der Waals surface area contributed by atoms with Gasteiger partial charge in [0.25, 0.3) is 0 Å². The van der Waals surface area contributed by atoms with Crippen molar-refractivity contribution in [2.45, 2.75) is 38.4 Å². The fourth-order valence-electron chi connectivity index (χ4n) is 3.76. The summed E-state index contributed by atoms with van der Waals surface area (Å²) in [4.78, 5) is 14.4. The Balaban J connectivity index is 1.40. The van der Waals surface area contributed by atoms with Crippen molar-refractivity contribution >= 4 is 17.7 Å². The lowest BCUT2D eigenvalue weighted by Crippen LogP contribution is -2.38. The van der Waals surface area contributed by atoms with E-state index < -0.39 is 6.29 Å². The molecule has 2 aromatic rings. The molecule has 2 aliphatic heterocycles. The van der Waals surface area contributed by atoms with Crippen LogP contribution >= 0.6 is 11.8 Å². The van der Waals surface area contributed by atoms with Gasteiger partial charge in [-0.2, -0.15) is 0 Å². The van der Waals surface area contributed by atoms with E-state index in [9.17, 15) is 9.18 Å². The topological polar surface area (TPSA) is 38.8 Å². The van der Waals surface area contributed by atoms with Crippen LogP contribution in [0.1, 0.15) is 42.7 Å². The van der Waals surface area contributed by atoms with Gasteiger partial charge in [-0.3, -0.25) is 4.79 Å². The number of hydrogen-bond donors (Lipinski definition) is 0. The molecule has 2 aliphatic rings. The van der Waals surface area contributed by atoms with Crippen LogP contribution in [0.3, 0.4) is 0 Å². The first-order chi connectivity index (χ1) is 14.1. The summed E-state index contributed by atoms with van der Waals surface area (Å²) in [5, 5.41) is 0. The van der Waals surface area contributed by atoms with Crippen molar-refractivity contribution in [1.29, 1.82) is 0 Å². The van der Waals surface area contributed by atoms with Crippen LogP contribution in [0.25, 0.3) is 0 Å². The van der Waals surface area contributed by atoms with Crippen LogP contribution in [0.2, 0.25) is 0 Å². The fraction of sp³-hybridized carbons (Fsp3) is 0.435. The Bertz CT molecular complexity index is 853. The number of hydrogen-bond acceptors (Lipinski definition) is 4. The molecule has 1 fully saturated rings. The van der Waals surface area contributed by atoms with Crippen molar-refractivity contribution in [2.75, 3.05) is 18.8 Å². The molecule has 2 aromatic carbocycles. The maximum atomic E-state index is 14.1. The Kier molecular flexibility index (Phi) is 6.40. The van der Waals surface area contributed by atoms with E-state index in [1.165, 1.54) is 23.9 Å².